The SMILES string of the molecule is Cc1ccc2c(CNC(C)C)cn(C(C)C)c2c1. The molecule has 2 aromatic rings. The summed E-state index contributed by atoms with van der Waals surface area (Å²) in [6.45, 7) is 11.9. The lowest BCUT2D eigenvalue weighted by Gasteiger charge is -2.09. The van der Waals surface area contributed by atoms with E-state index in [9.17, 15) is 0 Å². The van der Waals surface area contributed by atoms with Crippen molar-refractivity contribution in [3.63, 3.8) is 0 Å². The zero-order valence-electron chi connectivity index (χ0n) is 12.1. The Morgan fingerprint density at radius 1 is 1.17 bits per heavy atom. The molecule has 0 aliphatic heterocycles. The predicted octanol–water partition coefficient (Wildman–Crippen LogP) is 4.03. The zero-order chi connectivity index (χ0) is 13.3. The minimum atomic E-state index is 0.502. The maximum absolute atomic E-state index is 3.51. The Bertz CT molecular complexity index is 535. The number of hydrogen-bond donors (Lipinski definition) is 1. The Kier molecular flexibility index (Phi) is 3.76. The molecule has 1 N–H and O–H groups in total. The summed E-state index contributed by atoms with van der Waals surface area (Å²) in [7, 11) is 0. The van der Waals surface area contributed by atoms with E-state index in [0.717, 1.165) is 6.54 Å². The van der Waals surface area contributed by atoms with Crippen LogP contribution < -0.4 is 5.32 Å². The average molecular weight is 244 g/mol. The number of hydrogen-bond acceptors (Lipinski definition) is 1. The summed E-state index contributed by atoms with van der Waals surface area (Å²) in [6.07, 6.45) is 2.30. The van der Waals surface area contributed by atoms with Crippen LogP contribution in [0.1, 0.15) is 44.9 Å². The van der Waals surface area contributed by atoms with E-state index in [4.69, 9.17) is 0 Å². The quantitative estimate of drug-likeness (QED) is 0.859. The lowest BCUT2D eigenvalue weighted by Crippen LogP contribution is -2.21. The summed E-state index contributed by atoms with van der Waals surface area (Å²) in [5, 5.41) is 4.88. The second-order valence-electron chi connectivity index (χ2n) is 5.71. The summed E-state index contributed by atoms with van der Waals surface area (Å²) in [4.78, 5) is 0. The third-order valence-corrected chi connectivity index (χ3v) is 3.33. The van der Waals surface area contributed by atoms with E-state index in [0.29, 0.717) is 12.1 Å². The van der Waals surface area contributed by atoms with Gasteiger partial charge in [-0.1, -0.05) is 26.0 Å². The molecule has 2 heteroatoms. The van der Waals surface area contributed by atoms with Crippen molar-refractivity contribution in [3.8, 4) is 0 Å². The number of nitrogens with zero attached hydrogens (tertiary/aromatic N) is 1. The van der Waals surface area contributed by atoms with E-state index in [2.05, 4.69) is 68.9 Å². The first-order valence-electron chi connectivity index (χ1n) is 6.82. The van der Waals surface area contributed by atoms with E-state index in [-0.39, 0.29) is 0 Å². The number of aromatic nitrogens is 1. The summed E-state index contributed by atoms with van der Waals surface area (Å²) < 4.78 is 2.37. The van der Waals surface area contributed by atoms with Crippen LogP contribution in [0, 0.1) is 6.92 Å². The largest absolute Gasteiger partial charge is 0.345 e. The van der Waals surface area contributed by atoms with Crippen LogP contribution in [0.15, 0.2) is 24.4 Å². The van der Waals surface area contributed by atoms with Gasteiger partial charge in [0.25, 0.3) is 0 Å². The van der Waals surface area contributed by atoms with E-state index >= 15 is 0 Å². The molecule has 18 heavy (non-hydrogen) atoms. The normalized spacial score (nSPS) is 11.9. The van der Waals surface area contributed by atoms with Crippen molar-refractivity contribution >= 4 is 10.9 Å². The zero-order valence-corrected chi connectivity index (χ0v) is 12.1. The van der Waals surface area contributed by atoms with Crippen LogP contribution in [-0.4, -0.2) is 10.6 Å². The monoisotopic (exact) mass is 244 g/mol. The lowest BCUT2D eigenvalue weighted by molar-refractivity contribution is 0.583. The summed E-state index contributed by atoms with van der Waals surface area (Å²) in [5.41, 5.74) is 4.07. The summed E-state index contributed by atoms with van der Waals surface area (Å²) in [5.74, 6) is 0. The molecule has 0 spiro atoms. The third kappa shape index (κ3) is 2.59. The van der Waals surface area contributed by atoms with Gasteiger partial charge in [0.2, 0.25) is 0 Å². The first kappa shape index (κ1) is 13.2. The highest BCUT2D eigenvalue weighted by atomic mass is 15.0. The van der Waals surface area contributed by atoms with E-state index in [1.807, 2.05) is 0 Å². The fraction of sp³-hybridized carbons (Fsp3) is 0.500. The van der Waals surface area contributed by atoms with Crippen LogP contribution in [0.3, 0.4) is 0 Å². The van der Waals surface area contributed by atoms with Gasteiger partial charge in [0.1, 0.15) is 0 Å². The highest BCUT2D eigenvalue weighted by Gasteiger charge is 2.10. The summed E-state index contributed by atoms with van der Waals surface area (Å²) in [6, 6.07) is 7.76. The molecule has 0 unspecified atom stereocenters. The Labute approximate surface area is 110 Å². The van der Waals surface area contributed by atoms with Crippen molar-refractivity contribution in [2.75, 3.05) is 0 Å². The third-order valence-electron chi connectivity index (χ3n) is 3.33. The molecule has 1 aromatic heterocycles. The Balaban J connectivity index is 2.47. The molecule has 0 amide bonds. The van der Waals surface area contributed by atoms with Gasteiger partial charge in [-0.25, -0.2) is 0 Å². The first-order chi connectivity index (χ1) is 8.49. The Morgan fingerprint density at radius 3 is 2.50 bits per heavy atom. The lowest BCUT2D eigenvalue weighted by atomic mass is 10.1. The van der Waals surface area contributed by atoms with Crippen molar-refractivity contribution < 1.29 is 0 Å². The molecule has 1 aromatic carbocycles. The second kappa shape index (κ2) is 5.15. The van der Waals surface area contributed by atoms with Crippen molar-refractivity contribution in [2.24, 2.45) is 0 Å². The molecule has 0 bridgehead atoms. The van der Waals surface area contributed by atoms with Crippen LogP contribution in [0.25, 0.3) is 10.9 Å². The minimum Gasteiger partial charge on any atom is -0.345 e. The fourth-order valence-electron chi connectivity index (χ4n) is 2.32. The molecule has 1 heterocycles. The molecular weight excluding hydrogens is 220 g/mol. The van der Waals surface area contributed by atoms with Gasteiger partial charge in [0.05, 0.1) is 0 Å². The molecule has 2 rings (SSSR count). The minimum absolute atomic E-state index is 0.502. The van der Waals surface area contributed by atoms with Crippen molar-refractivity contribution in [2.45, 2.75) is 53.2 Å². The topological polar surface area (TPSA) is 17.0 Å². The standard InChI is InChI=1S/C16H24N2/c1-11(2)17-9-14-10-18(12(3)4)16-8-13(5)6-7-15(14)16/h6-8,10-12,17H,9H2,1-5H3. The first-order valence-corrected chi connectivity index (χ1v) is 6.82. The summed E-state index contributed by atoms with van der Waals surface area (Å²) >= 11 is 0. The van der Waals surface area contributed by atoms with Crippen molar-refractivity contribution in [1.82, 2.24) is 9.88 Å². The highest BCUT2D eigenvalue weighted by Crippen LogP contribution is 2.25. The maximum Gasteiger partial charge on any atom is 0.0488 e. The second-order valence-corrected chi connectivity index (χ2v) is 5.71. The van der Waals surface area contributed by atoms with Gasteiger partial charge >= 0.3 is 0 Å². The van der Waals surface area contributed by atoms with E-state index < -0.39 is 0 Å². The molecule has 0 aliphatic carbocycles. The van der Waals surface area contributed by atoms with Gasteiger partial charge in [-0.3, -0.25) is 0 Å². The Hall–Kier alpha value is -1.28. The molecule has 2 nitrogen and oxygen atoms in total. The van der Waals surface area contributed by atoms with Crippen LogP contribution in [0.5, 0.6) is 0 Å². The molecule has 0 fully saturated rings. The van der Waals surface area contributed by atoms with Crippen LogP contribution in [0.4, 0.5) is 0 Å². The van der Waals surface area contributed by atoms with Crippen LogP contribution in [0.2, 0.25) is 0 Å². The van der Waals surface area contributed by atoms with E-state index in [1.54, 1.807) is 0 Å². The molecule has 98 valence electrons. The molecular formula is C16H24N2. The van der Waals surface area contributed by atoms with Crippen LogP contribution >= 0.6 is 0 Å². The number of nitrogens with one attached hydrogen (secondary N) is 1. The number of rotatable bonds is 4. The highest BCUT2D eigenvalue weighted by molar-refractivity contribution is 5.84. The van der Waals surface area contributed by atoms with Crippen molar-refractivity contribution in [1.29, 1.82) is 0 Å². The predicted molar refractivity (Wildman–Crippen MR) is 79.0 cm³/mol. The van der Waals surface area contributed by atoms with Crippen molar-refractivity contribution in [3.05, 3.63) is 35.5 Å². The molecule has 0 aliphatic rings. The molecule has 0 saturated heterocycles. The van der Waals surface area contributed by atoms with Crippen LogP contribution in [-0.2, 0) is 6.54 Å². The van der Waals surface area contributed by atoms with Gasteiger partial charge < -0.3 is 9.88 Å². The van der Waals surface area contributed by atoms with Gasteiger partial charge in [-0.15, -0.1) is 0 Å². The molecule has 0 radical (unpaired) electrons. The molecule has 0 atom stereocenters. The average Bonchev–Trinajstić information content (AvgIpc) is 2.64. The maximum atomic E-state index is 3.51. The number of aryl methyl sites for hydroxylation is 1. The van der Waals surface area contributed by atoms with Gasteiger partial charge in [-0.05, 0) is 38.0 Å². The number of fused-ring (bicyclic) bond motifs is 1. The fourth-order valence-corrected chi connectivity index (χ4v) is 2.32. The molecule has 0 saturated carbocycles. The van der Waals surface area contributed by atoms with Gasteiger partial charge in [0, 0.05) is 35.7 Å². The smallest absolute Gasteiger partial charge is 0.0488 e. The van der Waals surface area contributed by atoms with E-state index in [1.165, 1.54) is 22.0 Å². The van der Waals surface area contributed by atoms with Gasteiger partial charge in [-0.2, -0.15) is 0 Å². The Morgan fingerprint density at radius 2 is 1.89 bits per heavy atom. The number of benzene rings is 1. The van der Waals surface area contributed by atoms with Gasteiger partial charge in [0.15, 0.2) is 0 Å².